The smallest absolute Gasteiger partial charge is 0.290 e. The second-order valence-electron chi connectivity index (χ2n) is 10.1. The summed E-state index contributed by atoms with van der Waals surface area (Å²) in [6.07, 6.45) is 1.80. The molecule has 0 N–H and O–H groups in total. The van der Waals surface area contributed by atoms with Crippen molar-refractivity contribution in [2.75, 3.05) is 13.7 Å². The summed E-state index contributed by atoms with van der Waals surface area (Å²) >= 11 is 0. The van der Waals surface area contributed by atoms with E-state index in [1.54, 1.807) is 42.5 Å². The predicted molar refractivity (Wildman–Crippen MR) is 129 cm³/mol. The molecule has 0 bridgehead atoms. The number of benzene rings is 1. The van der Waals surface area contributed by atoms with Crippen LogP contribution in [0.25, 0.3) is 0 Å². The van der Waals surface area contributed by atoms with Gasteiger partial charge in [0.15, 0.2) is 23.0 Å². The lowest BCUT2D eigenvalue weighted by Crippen LogP contribution is -2.42. The molecule has 1 aromatic carbocycles. The predicted octanol–water partition coefficient (Wildman–Crippen LogP) is 5.16. The number of amides is 1. The minimum absolute atomic E-state index is 0.0753. The summed E-state index contributed by atoms with van der Waals surface area (Å²) in [5.74, 6) is 1.11. The van der Waals surface area contributed by atoms with Crippen LogP contribution >= 0.6 is 0 Å². The van der Waals surface area contributed by atoms with Gasteiger partial charge in [-0.2, -0.15) is 0 Å². The van der Waals surface area contributed by atoms with Gasteiger partial charge in [0, 0.05) is 0 Å². The number of ether oxygens (including phenoxy) is 3. The lowest BCUT2D eigenvalue weighted by atomic mass is 9.77. The van der Waals surface area contributed by atoms with E-state index in [2.05, 4.69) is 13.8 Å². The molecule has 3 aliphatic rings. The van der Waals surface area contributed by atoms with Crippen LogP contribution in [0.15, 0.2) is 52.3 Å². The minimum atomic E-state index is -1.04. The molecule has 1 saturated carbocycles. The number of fused-ring (bicyclic) bond motifs is 1. The third-order valence-electron chi connectivity index (χ3n) is 7.24. The molecule has 7 nitrogen and oxygen atoms in total. The summed E-state index contributed by atoms with van der Waals surface area (Å²) in [5, 5.41) is 0. The molecule has 8 heteroatoms. The number of methoxy groups -OCH3 is 1. The van der Waals surface area contributed by atoms with Crippen molar-refractivity contribution >= 4 is 11.7 Å². The zero-order valence-corrected chi connectivity index (χ0v) is 20.9. The zero-order chi connectivity index (χ0) is 25.4. The van der Waals surface area contributed by atoms with Gasteiger partial charge in [0.1, 0.15) is 18.0 Å². The third kappa shape index (κ3) is 4.49. The van der Waals surface area contributed by atoms with Gasteiger partial charge < -0.3 is 23.5 Å². The maximum Gasteiger partial charge on any atom is 0.290 e. The number of Topliss-reactive ketones (excluding diaryl/α,β-unsaturated/α-hetero) is 1. The lowest BCUT2D eigenvalue weighted by molar-refractivity contribution is -0.136. The van der Waals surface area contributed by atoms with Crippen LogP contribution in [-0.2, 0) is 20.9 Å². The fourth-order valence-electron chi connectivity index (χ4n) is 5.32. The first-order valence-electron chi connectivity index (χ1n) is 12.6. The van der Waals surface area contributed by atoms with Gasteiger partial charge in [-0.05, 0) is 61.4 Å². The van der Waals surface area contributed by atoms with E-state index >= 15 is 0 Å². The number of hydrogen-bond acceptors (Lipinski definition) is 6. The molecule has 1 amide bonds. The van der Waals surface area contributed by atoms with Crippen molar-refractivity contribution in [3.63, 3.8) is 0 Å². The molecular formula is C28H32FNO6. The van der Waals surface area contributed by atoms with Crippen LogP contribution in [0, 0.1) is 11.8 Å². The summed E-state index contributed by atoms with van der Waals surface area (Å²) in [7, 11) is 1.56. The molecule has 2 aliphatic heterocycles. The third-order valence-corrected chi connectivity index (χ3v) is 7.24. The molecule has 36 heavy (non-hydrogen) atoms. The van der Waals surface area contributed by atoms with Gasteiger partial charge in [-0.25, -0.2) is 4.39 Å². The van der Waals surface area contributed by atoms with Crippen molar-refractivity contribution in [2.45, 2.75) is 64.4 Å². The molecule has 192 valence electrons. The van der Waals surface area contributed by atoms with Crippen LogP contribution in [0.2, 0.25) is 0 Å². The summed E-state index contributed by atoms with van der Waals surface area (Å²) in [6, 6.07) is 8.27. The highest BCUT2D eigenvalue weighted by molar-refractivity contribution is 6.11. The number of hydrogen-bond donors (Lipinski definition) is 0. The Morgan fingerprint density at radius 3 is 2.72 bits per heavy atom. The van der Waals surface area contributed by atoms with E-state index in [1.807, 2.05) is 6.07 Å². The number of carbonyl (C=O) groups is 2. The summed E-state index contributed by atoms with van der Waals surface area (Å²) in [6.45, 7) is 4.97. The van der Waals surface area contributed by atoms with Gasteiger partial charge in [-0.15, -0.1) is 0 Å². The van der Waals surface area contributed by atoms with Gasteiger partial charge in [-0.3, -0.25) is 9.59 Å². The van der Waals surface area contributed by atoms with Crippen LogP contribution in [0.5, 0.6) is 11.5 Å². The highest BCUT2D eigenvalue weighted by atomic mass is 19.1. The molecule has 0 spiro atoms. The number of ketones is 1. The van der Waals surface area contributed by atoms with Crippen molar-refractivity contribution in [3.05, 3.63) is 59.3 Å². The Balaban J connectivity index is 1.52. The van der Waals surface area contributed by atoms with Crippen LogP contribution in [0.4, 0.5) is 4.39 Å². The van der Waals surface area contributed by atoms with Crippen molar-refractivity contribution < 1.29 is 32.6 Å². The normalized spacial score (nSPS) is 25.6. The number of nitrogens with zero attached hydrogens (tertiary/aromatic N) is 1. The number of furan rings is 1. The first-order valence-corrected chi connectivity index (χ1v) is 12.6. The fraction of sp³-hybridized carbons (Fsp3) is 0.500. The molecule has 3 heterocycles. The van der Waals surface area contributed by atoms with E-state index < -0.39 is 24.2 Å². The number of halogens is 1. The van der Waals surface area contributed by atoms with E-state index in [0.29, 0.717) is 48.2 Å². The first kappa shape index (κ1) is 24.4. The Kier molecular flexibility index (Phi) is 6.77. The number of rotatable bonds is 8. The van der Waals surface area contributed by atoms with Gasteiger partial charge >= 0.3 is 0 Å². The topological polar surface area (TPSA) is 78.2 Å². The van der Waals surface area contributed by atoms with E-state index in [-0.39, 0.29) is 36.0 Å². The van der Waals surface area contributed by atoms with Gasteiger partial charge in [0.2, 0.25) is 0 Å². The minimum Gasteiger partial charge on any atom is -0.493 e. The molecular weight excluding hydrogens is 465 g/mol. The summed E-state index contributed by atoms with van der Waals surface area (Å²) in [4.78, 5) is 28.9. The Hall–Kier alpha value is -3.29. The van der Waals surface area contributed by atoms with E-state index in [9.17, 15) is 14.0 Å². The van der Waals surface area contributed by atoms with Gasteiger partial charge in [-0.1, -0.05) is 19.9 Å². The molecule has 0 saturated heterocycles. The van der Waals surface area contributed by atoms with Crippen molar-refractivity contribution in [1.29, 1.82) is 0 Å². The van der Waals surface area contributed by atoms with Crippen molar-refractivity contribution in [3.8, 4) is 11.5 Å². The van der Waals surface area contributed by atoms with E-state index in [0.717, 1.165) is 6.42 Å². The van der Waals surface area contributed by atoms with Gasteiger partial charge in [0.25, 0.3) is 5.91 Å². The molecule has 5 rings (SSSR count). The Morgan fingerprint density at radius 1 is 1.17 bits per heavy atom. The molecule has 0 radical (unpaired) electrons. The highest BCUT2D eigenvalue weighted by Gasteiger charge is 2.53. The highest BCUT2D eigenvalue weighted by Crippen LogP contribution is 2.48. The van der Waals surface area contributed by atoms with Crippen LogP contribution < -0.4 is 9.47 Å². The first-order chi connectivity index (χ1) is 17.4. The maximum absolute atomic E-state index is 14.2. The van der Waals surface area contributed by atoms with E-state index in [4.69, 9.17) is 18.6 Å². The average Bonchev–Trinajstić information content (AvgIpc) is 3.47. The molecule has 1 aromatic heterocycles. The van der Waals surface area contributed by atoms with Crippen LogP contribution in [0.3, 0.4) is 0 Å². The number of carbonyl (C=O) groups excluding carboxylic acids is 2. The van der Waals surface area contributed by atoms with Gasteiger partial charge in [0.05, 0.1) is 44.1 Å². The van der Waals surface area contributed by atoms with Crippen LogP contribution in [0.1, 0.15) is 56.9 Å². The Labute approximate surface area is 210 Å². The summed E-state index contributed by atoms with van der Waals surface area (Å²) < 4.78 is 37.4. The van der Waals surface area contributed by atoms with Crippen molar-refractivity contribution in [2.24, 2.45) is 11.8 Å². The van der Waals surface area contributed by atoms with Crippen molar-refractivity contribution in [1.82, 2.24) is 4.90 Å². The molecule has 2 aromatic rings. The summed E-state index contributed by atoms with van der Waals surface area (Å²) in [5.41, 5.74) is 0.980. The molecule has 1 aliphatic carbocycles. The average molecular weight is 498 g/mol. The second kappa shape index (κ2) is 9.99. The monoisotopic (exact) mass is 497 g/mol. The zero-order valence-electron chi connectivity index (χ0n) is 20.9. The maximum atomic E-state index is 14.2. The lowest BCUT2D eigenvalue weighted by Gasteiger charge is -2.36. The molecule has 4 unspecified atom stereocenters. The Bertz CT molecular complexity index is 1160. The molecule has 4 atom stereocenters. The molecule has 1 fully saturated rings. The largest absolute Gasteiger partial charge is 0.493 e. The Morgan fingerprint density at radius 2 is 2.00 bits per heavy atom. The quantitative estimate of drug-likeness (QED) is 0.502. The fourth-order valence-corrected chi connectivity index (χ4v) is 5.32. The SMILES string of the molecule is COc1cc(C2C3=C(OC4CCC(F)CC4C3=O)C(=O)N2Cc2ccco2)ccc1OCCC(C)C. The van der Waals surface area contributed by atoms with Crippen LogP contribution in [-0.4, -0.2) is 42.6 Å². The number of alkyl halides is 1. The second-order valence-corrected chi connectivity index (χ2v) is 10.1. The van der Waals surface area contributed by atoms with E-state index in [1.165, 1.54) is 0 Å². The standard InChI is InChI=1S/C28H32FNO6/c1-16(2)10-12-35-22-8-6-17(13-23(22)33-3)25-24-26(31)20-14-18(29)7-9-21(20)36-27(24)28(32)30(25)15-19-5-4-11-34-19/h4-6,8,11,13,16,18,20-21,25H,7,9-10,12,14-15H2,1-3H3.